The van der Waals surface area contributed by atoms with Gasteiger partial charge < -0.3 is 25.8 Å². The average molecular weight is 471 g/mol. The van der Waals surface area contributed by atoms with Crippen LogP contribution in [0.25, 0.3) is 0 Å². The summed E-state index contributed by atoms with van der Waals surface area (Å²) in [5.74, 6) is -2.12. The molecule has 3 rings (SSSR count). The first-order valence-electron chi connectivity index (χ1n) is 7.68. The van der Waals surface area contributed by atoms with Gasteiger partial charge in [0.25, 0.3) is 0 Å². The molecule has 12 heteroatoms. The predicted molar refractivity (Wildman–Crippen MR) is 98.3 cm³/mol. The van der Waals surface area contributed by atoms with Gasteiger partial charge in [0.15, 0.2) is 0 Å². The number of halogens is 1. The van der Waals surface area contributed by atoms with Crippen LogP contribution in [-0.2, 0) is 24.3 Å². The molecule has 1 unspecified atom stereocenters. The zero-order valence-corrected chi connectivity index (χ0v) is 15.6. The molecule has 136 valence electrons. The van der Waals surface area contributed by atoms with Crippen LogP contribution in [0.15, 0.2) is 18.2 Å². The fraction of sp³-hybridized carbons (Fsp3) is 0.286. The van der Waals surface area contributed by atoms with Crippen LogP contribution in [-0.4, -0.2) is 50.1 Å². The quantitative estimate of drug-likeness (QED) is 0.326. The number of rotatable bonds is 5. The van der Waals surface area contributed by atoms with Crippen molar-refractivity contribution < 1.29 is 24.4 Å². The lowest BCUT2D eigenvalue weighted by molar-refractivity contribution is -0.122. The Kier molecular flexibility index (Phi) is 5.43. The monoisotopic (exact) mass is 471 g/mol. The third-order valence-corrected chi connectivity index (χ3v) is 5.10. The molecule has 0 spiro atoms. The highest BCUT2D eigenvalue weighted by Gasteiger charge is 2.37. The third-order valence-electron chi connectivity index (χ3n) is 3.92. The number of nitrogens with one attached hydrogen (secondary N) is 1. The molecule has 1 atom stereocenters. The fourth-order valence-corrected chi connectivity index (χ4v) is 3.26. The zero-order chi connectivity index (χ0) is 18.8. The number of carboxylic acid groups (broad SMARTS) is 1. The summed E-state index contributed by atoms with van der Waals surface area (Å²) in [7, 11) is -1.36. The number of nitrogens with two attached hydrogens (primary N) is 1. The predicted octanol–water partition coefficient (Wildman–Crippen LogP) is -0.821. The highest BCUT2D eigenvalue weighted by Crippen LogP contribution is 2.30. The van der Waals surface area contributed by atoms with Gasteiger partial charge in [0.2, 0.25) is 5.91 Å². The molecule has 1 amide bonds. The van der Waals surface area contributed by atoms with Gasteiger partial charge in [0.05, 0.1) is 11.5 Å². The van der Waals surface area contributed by atoms with Gasteiger partial charge in [0.1, 0.15) is 21.7 Å². The summed E-state index contributed by atoms with van der Waals surface area (Å²) in [4.78, 5) is 23.5. The molecule has 0 saturated heterocycles. The minimum Gasteiger partial charge on any atom is -0.534 e. The van der Waals surface area contributed by atoms with E-state index in [2.05, 4.69) is 15.6 Å². The Bertz CT molecular complexity index is 860. The topological polar surface area (TPSA) is 153 Å². The van der Waals surface area contributed by atoms with Crippen molar-refractivity contribution in [3.05, 3.63) is 38.7 Å². The van der Waals surface area contributed by atoms with E-state index in [-0.39, 0.29) is 36.7 Å². The molecule has 1 aromatic heterocycles. The van der Waals surface area contributed by atoms with Crippen LogP contribution in [0.4, 0.5) is 0 Å². The maximum absolute atomic E-state index is 12.3. The number of para-hydroxylation sites is 1. The van der Waals surface area contributed by atoms with Crippen molar-refractivity contribution in [1.29, 1.82) is 0 Å². The average Bonchev–Trinajstić information content (AvgIpc) is 2.94. The zero-order valence-electron chi connectivity index (χ0n) is 13.4. The summed E-state index contributed by atoms with van der Waals surface area (Å²) in [6.07, 6.45) is 0.242. The van der Waals surface area contributed by atoms with Crippen molar-refractivity contribution in [2.75, 3.05) is 0 Å². The van der Waals surface area contributed by atoms with Crippen LogP contribution in [0.2, 0.25) is 0 Å². The molecule has 0 aliphatic carbocycles. The van der Waals surface area contributed by atoms with Gasteiger partial charge in [0, 0.05) is 6.54 Å². The molecule has 26 heavy (non-hydrogen) atoms. The molecule has 0 bridgehead atoms. The van der Waals surface area contributed by atoms with E-state index in [1.807, 2.05) is 22.6 Å². The van der Waals surface area contributed by atoms with E-state index in [0.29, 0.717) is 15.0 Å². The van der Waals surface area contributed by atoms with Crippen LogP contribution in [0.3, 0.4) is 0 Å². The largest absolute Gasteiger partial charge is 0.547 e. The van der Waals surface area contributed by atoms with Crippen molar-refractivity contribution in [2.24, 2.45) is 5.73 Å². The summed E-state index contributed by atoms with van der Waals surface area (Å²) < 4.78 is 7.41. The van der Waals surface area contributed by atoms with Crippen molar-refractivity contribution in [3.8, 4) is 5.75 Å². The second kappa shape index (κ2) is 7.59. The summed E-state index contributed by atoms with van der Waals surface area (Å²) >= 11 is 2.00. The van der Waals surface area contributed by atoms with Crippen LogP contribution in [0.1, 0.15) is 21.6 Å². The molecule has 10 nitrogen and oxygen atoms in total. The SMILES string of the molecule is NCc1nnn(CC(=O)NC2Cc3cccc(C(=O)O)c3OB2O)c1I. The van der Waals surface area contributed by atoms with Crippen molar-refractivity contribution in [2.45, 2.75) is 25.5 Å². The number of carbonyl (C=O) groups is 2. The van der Waals surface area contributed by atoms with E-state index in [1.54, 1.807) is 12.1 Å². The Morgan fingerprint density at radius 3 is 2.92 bits per heavy atom. The lowest BCUT2D eigenvalue weighted by Crippen LogP contribution is -2.53. The molecule has 0 saturated carbocycles. The first kappa shape index (κ1) is 18.6. The number of fused-ring (bicyclic) bond motifs is 1. The van der Waals surface area contributed by atoms with Crippen LogP contribution in [0.5, 0.6) is 5.75 Å². The van der Waals surface area contributed by atoms with Gasteiger partial charge in [-0.05, 0) is 40.6 Å². The molecule has 1 aromatic carbocycles. The van der Waals surface area contributed by atoms with Crippen LogP contribution < -0.4 is 15.7 Å². The number of aromatic carboxylic acids is 1. The Morgan fingerprint density at radius 2 is 2.27 bits per heavy atom. The van der Waals surface area contributed by atoms with Crippen molar-refractivity contribution in [3.63, 3.8) is 0 Å². The van der Waals surface area contributed by atoms with E-state index in [1.165, 1.54) is 10.7 Å². The second-order valence-corrected chi connectivity index (χ2v) is 6.70. The number of carbonyl (C=O) groups excluding carboxylic acids is 1. The molecule has 2 heterocycles. The van der Waals surface area contributed by atoms with E-state index in [0.717, 1.165) is 0 Å². The highest BCUT2D eigenvalue weighted by atomic mass is 127. The minimum atomic E-state index is -1.36. The fourth-order valence-electron chi connectivity index (χ4n) is 2.67. The van der Waals surface area contributed by atoms with E-state index >= 15 is 0 Å². The number of carboxylic acids is 1. The van der Waals surface area contributed by atoms with Crippen molar-refractivity contribution in [1.82, 2.24) is 20.3 Å². The number of hydrogen-bond donors (Lipinski definition) is 4. The molecular formula is C14H15BIN5O5. The molecule has 5 N–H and O–H groups in total. The lowest BCUT2D eigenvalue weighted by atomic mass is 9.72. The normalized spacial score (nSPS) is 16.0. The number of aromatic nitrogens is 3. The van der Waals surface area contributed by atoms with E-state index < -0.39 is 19.0 Å². The maximum atomic E-state index is 12.3. The van der Waals surface area contributed by atoms with E-state index in [9.17, 15) is 19.7 Å². The van der Waals surface area contributed by atoms with Crippen molar-refractivity contribution >= 4 is 41.6 Å². The third kappa shape index (κ3) is 3.66. The van der Waals surface area contributed by atoms with Gasteiger partial charge in [-0.25, -0.2) is 9.48 Å². The summed E-state index contributed by atoms with van der Waals surface area (Å²) in [6, 6.07) is 4.68. The summed E-state index contributed by atoms with van der Waals surface area (Å²) in [6.45, 7) is 0.133. The number of hydrogen-bond acceptors (Lipinski definition) is 7. The molecule has 1 aliphatic rings. The minimum absolute atomic E-state index is 0.0298. The second-order valence-electron chi connectivity index (χ2n) is 5.67. The van der Waals surface area contributed by atoms with Crippen LogP contribution in [0, 0.1) is 3.70 Å². The Hall–Kier alpha value is -2.19. The maximum Gasteiger partial charge on any atom is 0.547 e. The molecule has 2 aromatic rings. The van der Waals surface area contributed by atoms with Crippen LogP contribution >= 0.6 is 22.6 Å². The standard InChI is InChI=1S/C14H15BIN5O5/c16-13-9(5-17)19-20-21(13)6-11(22)18-10-4-7-2-1-3-8(14(23)24)12(7)26-15(10)25/h1-3,10,25H,4-6,17H2,(H,18,22)(H,23,24). The Balaban J connectivity index is 1.71. The Morgan fingerprint density at radius 1 is 1.50 bits per heavy atom. The van der Waals surface area contributed by atoms with Gasteiger partial charge in [-0.15, -0.1) is 5.10 Å². The number of nitrogens with zero attached hydrogens (tertiary/aromatic N) is 3. The summed E-state index contributed by atoms with van der Waals surface area (Å²) in [5.41, 5.74) is 6.69. The molecule has 0 radical (unpaired) electrons. The summed E-state index contributed by atoms with van der Waals surface area (Å²) in [5, 5.41) is 29.8. The molecular weight excluding hydrogens is 456 g/mol. The number of benzene rings is 1. The highest BCUT2D eigenvalue weighted by molar-refractivity contribution is 14.1. The molecule has 0 fully saturated rings. The van der Waals surface area contributed by atoms with E-state index in [4.69, 9.17) is 10.4 Å². The molecule has 1 aliphatic heterocycles. The first-order valence-corrected chi connectivity index (χ1v) is 8.75. The Labute approximate surface area is 162 Å². The lowest BCUT2D eigenvalue weighted by Gasteiger charge is -2.28. The van der Waals surface area contributed by atoms with Gasteiger partial charge in [-0.2, -0.15) is 0 Å². The van der Waals surface area contributed by atoms with Gasteiger partial charge in [-0.3, -0.25) is 4.79 Å². The number of amides is 1. The van der Waals surface area contributed by atoms with Gasteiger partial charge in [-0.1, -0.05) is 17.3 Å². The van der Waals surface area contributed by atoms with Gasteiger partial charge >= 0.3 is 13.1 Å². The smallest absolute Gasteiger partial charge is 0.534 e. The first-order chi connectivity index (χ1) is 12.4.